The van der Waals surface area contributed by atoms with E-state index in [-0.39, 0.29) is 5.82 Å². The van der Waals surface area contributed by atoms with Crippen LogP contribution in [0, 0.1) is 24.1 Å². The van der Waals surface area contributed by atoms with Gasteiger partial charge in [-0.15, -0.1) is 0 Å². The van der Waals surface area contributed by atoms with Crippen molar-refractivity contribution in [1.29, 1.82) is 5.26 Å². The van der Waals surface area contributed by atoms with Gasteiger partial charge < -0.3 is 4.90 Å². The van der Waals surface area contributed by atoms with Gasteiger partial charge in [0.05, 0.1) is 6.07 Å². The first-order chi connectivity index (χ1) is 6.15. The van der Waals surface area contributed by atoms with Crippen LogP contribution >= 0.6 is 0 Å². The second kappa shape index (κ2) is 3.90. The summed E-state index contributed by atoms with van der Waals surface area (Å²) in [5.74, 6) is -0.214. The van der Waals surface area contributed by atoms with Gasteiger partial charge in [-0.25, -0.2) is 4.39 Å². The van der Waals surface area contributed by atoms with E-state index in [9.17, 15) is 4.39 Å². The van der Waals surface area contributed by atoms with Gasteiger partial charge in [-0.2, -0.15) is 5.26 Å². The van der Waals surface area contributed by atoms with Gasteiger partial charge in [0, 0.05) is 12.7 Å². The van der Waals surface area contributed by atoms with Gasteiger partial charge in [0.1, 0.15) is 12.4 Å². The number of hydrogen-bond donors (Lipinski definition) is 0. The van der Waals surface area contributed by atoms with E-state index in [2.05, 4.69) is 0 Å². The molecule has 0 amide bonds. The topological polar surface area (TPSA) is 27.0 Å². The molecule has 2 nitrogen and oxygen atoms in total. The van der Waals surface area contributed by atoms with Crippen LogP contribution in [0.5, 0.6) is 0 Å². The highest BCUT2D eigenvalue weighted by Gasteiger charge is 2.02. The van der Waals surface area contributed by atoms with Crippen molar-refractivity contribution in [2.75, 3.05) is 18.5 Å². The lowest BCUT2D eigenvalue weighted by atomic mass is 10.2. The van der Waals surface area contributed by atoms with Gasteiger partial charge in [-0.1, -0.05) is 0 Å². The van der Waals surface area contributed by atoms with Crippen LogP contribution in [0.15, 0.2) is 18.2 Å². The standard InChI is InChI=1S/C10H11FN2/c1-8-7-9(3-4-10(8)11)13(2)6-5-12/h3-4,7H,6H2,1-2H3. The Labute approximate surface area is 77.2 Å². The highest BCUT2D eigenvalue weighted by atomic mass is 19.1. The molecule has 1 aromatic rings. The zero-order valence-electron chi connectivity index (χ0n) is 7.71. The predicted octanol–water partition coefficient (Wildman–Crippen LogP) is 2.09. The van der Waals surface area contributed by atoms with E-state index in [0.29, 0.717) is 12.1 Å². The van der Waals surface area contributed by atoms with Crippen molar-refractivity contribution in [3.63, 3.8) is 0 Å². The maximum absolute atomic E-state index is 12.9. The number of anilines is 1. The molecule has 0 spiro atoms. The third-order valence-corrected chi connectivity index (χ3v) is 1.89. The SMILES string of the molecule is Cc1cc(N(C)CC#N)ccc1F. The average Bonchev–Trinajstić information content (AvgIpc) is 2.10. The van der Waals surface area contributed by atoms with Crippen LogP contribution in [-0.4, -0.2) is 13.6 Å². The smallest absolute Gasteiger partial charge is 0.126 e. The van der Waals surface area contributed by atoms with Gasteiger partial charge in [0.25, 0.3) is 0 Å². The molecular weight excluding hydrogens is 167 g/mol. The van der Waals surface area contributed by atoms with Crippen LogP contribution in [0.4, 0.5) is 10.1 Å². The van der Waals surface area contributed by atoms with Crippen molar-refractivity contribution in [1.82, 2.24) is 0 Å². The summed E-state index contributed by atoms with van der Waals surface area (Å²) in [7, 11) is 1.80. The number of nitriles is 1. The molecule has 0 bridgehead atoms. The van der Waals surface area contributed by atoms with Crippen LogP contribution < -0.4 is 4.90 Å². The highest BCUT2D eigenvalue weighted by molar-refractivity contribution is 5.48. The first-order valence-corrected chi connectivity index (χ1v) is 3.99. The monoisotopic (exact) mass is 178 g/mol. The fraction of sp³-hybridized carbons (Fsp3) is 0.300. The quantitative estimate of drug-likeness (QED) is 0.648. The lowest BCUT2D eigenvalue weighted by Gasteiger charge is -2.15. The second-order valence-corrected chi connectivity index (χ2v) is 2.95. The van der Waals surface area contributed by atoms with E-state index < -0.39 is 0 Å². The van der Waals surface area contributed by atoms with Crippen molar-refractivity contribution >= 4 is 5.69 Å². The van der Waals surface area contributed by atoms with Gasteiger partial charge in [-0.3, -0.25) is 0 Å². The van der Waals surface area contributed by atoms with Crippen molar-refractivity contribution < 1.29 is 4.39 Å². The number of benzene rings is 1. The molecule has 0 radical (unpaired) electrons. The number of hydrogen-bond acceptors (Lipinski definition) is 2. The molecule has 0 atom stereocenters. The van der Waals surface area contributed by atoms with Crippen molar-refractivity contribution in [2.24, 2.45) is 0 Å². The molecule has 0 saturated carbocycles. The molecule has 13 heavy (non-hydrogen) atoms. The summed E-state index contributed by atoms with van der Waals surface area (Å²) < 4.78 is 12.9. The number of aryl methyl sites for hydroxylation is 1. The lowest BCUT2D eigenvalue weighted by Crippen LogP contribution is -2.16. The highest BCUT2D eigenvalue weighted by Crippen LogP contribution is 2.16. The maximum Gasteiger partial charge on any atom is 0.126 e. The molecule has 0 aromatic heterocycles. The molecule has 0 heterocycles. The number of halogens is 1. The van der Waals surface area contributed by atoms with E-state index in [1.807, 2.05) is 6.07 Å². The summed E-state index contributed by atoms with van der Waals surface area (Å²) in [4.78, 5) is 1.77. The fourth-order valence-corrected chi connectivity index (χ4v) is 1.06. The van der Waals surface area contributed by atoms with Crippen LogP contribution in [0.25, 0.3) is 0 Å². The Morgan fingerprint density at radius 1 is 1.54 bits per heavy atom. The minimum atomic E-state index is -0.214. The minimum absolute atomic E-state index is 0.214. The summed E-state index contributed by atoms with van der Waals surface area (Å²) in [6, 6.07) is 6.84. The molecule has 1 rings (SSSR count). The number of nitrogens with zero attached hydrogens (tertiary/aromatic N) is 2. The summed E-state index contributed by atoms with van der Waals surface area (Å²) in [6.07, 6.45) is 0. The van der Waals surface area contributed by atoms with Gasteiger partial charge in [-0.05, 0) is 30.7 Å². The molecule has 3 heteroatoms. The van der Waals surface area contributed by atoms with E-state index in [1.54, 1.807) is 31.0 Å². The van der Waals surface area contributed by atoms with Crippen LogP contribution in [0.2, 0.25) is 0 Å². The molecular formula is C10H11FN2. The van der Waals surface area contributed by atoms with Gasteiger partial charge in [0.2, 0.25) is 0 Å². The lowest BCUT2D eigenvalue weighted by molar-refractivity contribution is 0.618. The molecule has 0 saturated heterocycles. The molecule has 1 aromatic carbocycles. The first kappa shape index (κ1) is 9.53. The Morgan fingerprint density at radius 3 is 2.77 bits per heavy atom. The van der Waals surface area contributed by atoms with Crippen molar-refractivity contribution in [2.45, 2.75) is 6.92 Å². The largest absolute Gasteiger partial charge is 0.361 e. The van der Waals surface area contributed by atoms with Crippen molar-refractivity contribution in [3.8, 4) is 6.07 Å². The van der Waals surface area contributed by atoms with Crippen LogP contribution in [-0.2, 0) is 0 Å². The Bertz CT molecular complexity index is 341. The van der Waals surface area contributed by atoms with E-state index >= 15 is 0 Å². The Balaban J connectivity index is 2.91. The van der Waals surface area contributed by atoms with E-state index in [4.69, 9.17) is 5.26 Å². The van der Waals surface area contributed by atoms with Gasteiger partial charge >= 0.3 is 0 Å². The maximum atomic E-state index is 12.9. The average molecular weight is 178 g/mol. The van der Waals surface area contributed by atoms with E-state index in [0.717, 1.165) is 5.69 Å². The Morgan fingerprint density at radius 2 is 2.23 bits per heavy atom. The third-order valence-electron chi connectivity index (χ3n) is 1.89. The fourth-order valence-electron chi connectivity index (χ4n) is 1.06. The zero-order valence-corrected chi connectivity index (χ0v) is 7.71. The third kappa shape index (κ3) is 2.19. The molecule has 0 unspecified atom stereocenters. The molecule has 68 valence electrons. The molecule has 0 aliphatic heterocycles. The molecule has 0 fully saturated rings. The van der Waals surface area contributed by atoms with Crippen LogP contribution in [0.1, 0.15) is 5.56 Å². The van der Waals surface area contributed by atoms with E-state index in [1.165, 1.54) is 6.07 Å². The summed E-state index contributed by atoms with van der Waals surface area (Å²) in [5.41, 5.74) is 1.46. The van der Waals surface area contributed by atoms with Crippen molar-refractivity contribution in [3.05, 3.63) is 29.6 Å². The molecule has 0 aliphatic rings. The first-order valence-electron chi connectivity index (χ1n) is 3.99. The number of rotatable bonds is 2. The minimum Gasteiger partial charge on any atom is -0.361 e. The second-order valence-electron chi connectivity index (χ2n) is 2.95. The summed E-state index contributed by atoms with van der Waals surface area (Å²) in [5, 5.41) is 8.46. The van der Waals surface area contributed by atoms with Crippen LogP contribution in [0.3, 0.4) is 0 Å². The Kier molecular flexibility index (Phi) is 2.86. The summed E-state index contributed by atoms with van der Waals surface area (Å²) in [6.45, 7) is 2.02. The predicted molar refractivity (Wildman–Crippen MR) is 50.0 cm³/mol. The Hall–Kier alpha value is -1.56. The zero-order chi connectivity index (χ0) is 9.84. The van der Waals surface area contributed by atoms with Gasteiger partial charge in [0.15, 0.2) is 0 Å². The summed E-state index contributed by atoms with van der Waals surface area (Å²) >= 11 is 0. The molecule has 0 aliphatic carbocycles. The normalized spacial score (nSPS) is 9.38. The molecule has 0 N–H and O–H groups in total.